The Morgan fingerprint density at radius 3 is 2.81 bits per heavy atom. The molecule has 0 bridgehead atoms. The number of hydrogen-bond donors (Lipinski definition) is 1. The SMILES string of the molecule is Cc1ccc(CN2CCc3oc(C)c(C(=O)NC[C@@H]4CCCO4)c3C2)cc1. The monoisotopic (exact) mass is 368 g/mol. The van der Waals surface area contributed by atoms with Gasteiger partial charge in [-0.3, -0.25) is 9.69 Å². The van der Waals surface area contributed by atoms with Crippen LogP contribution in [0.1, 0.15) is 51.4 Å². The van der Waals surface area contributed by atoms with Crippen molar-refractivity contribution in [2.24, 2.45) is 0 Å². The Morgan fingerprint density at radius 1 is 1.26 bits per heavy atom. The van der Waals surface area contributed by atoms with Crippen molar-refractivity contribution < 1.29 is 13.9 Å². The van der Waals surface area contributed by atoms with Crippen LogP contribution in [0.4, 0.5) is 0 Å². The zero-order valence-electron chi connectivity index (χ0n) is 16.2. The Balaban J connectivity index is 1.45. The van der Waals surface area contributed by atoms with Crippen LogP contribution in [0.25, 0.3) is 0 Å². The first-order valence-electron chi connectivity index (χ1n) is 9.89. The molecular weight excluding hydrogens is 340 g/mol. The Bertz CT molecular complexity index is 804. The van der Waals surface area contributed by atoms with E-state index in [9.17, 15) is 4.79 Å². The summed E-state index contributed by atoms with van der Waals surface area (Å²) in [6.07, 6.45) is 3.10. The van der Waals surface area contributed by atoms with E-state index in [1.54, 1.807) is 0 Å². The third-order valence-electron chi connectivity index (χ3n) is 5.57. The maximum Gasteiger partial charge on any atom is 0.255 e. The van der Waals surface area contributed by atoms with Gasteiger partial charge in [-0.1, -0.05) is 29.8 Å². The number of furan rings is 1. The third-order valence-corrected chi connectivity index (χ3v) is 5.57. The van der Waals surface area contributed by atoms with Crippen LogP contribution in [0.3, 0.4) is 0 Å². The molecule has 1 atom stereocenters. The van der Waals surface area contributed by atoms with Crippen LogP contribution in [0.15, 0.2) is 28.7 Å². The fourth-order valence-electron chi connectivity index (χ4n) is 4.06. The molecule has 0 spiro atoms. The van der Waals surface area contributed by atoms with Crippen molar-refractivity contribution in [3.63, 3.8) is 0 Å². The summed E-state index contributed by atoms with van der Waals surface area (Å²) in [4.78, 5) is 15.2. The van der Waals surface area contributed by atoms with Crippen LogP contribution < -0.4 is 5.32 Å². The zero-order chi connectivity index (χ0) is 18.8. The van der Waals surface area contributed by atoms with Crippen molar-refractivity contribution in [3.05, 3.63) is 58.0 Å². The van der Waals surface area contributed by atoms with E-state index < -0.39 is 0 Å². The summed E-state index contributed by atoms with van der Waals surface area (Å²) in [6.45, 7) is 7.96. The molecule has 1 amide bonds. The van der Waals surface area contributed by atoms with Crippen molar-refractivity contribution in [1.82, 2.24) is 10.2 Å². The van der Waals surface area contributed by atoms with Gasteiger partial charge < -0.3 is 14.5 Å². The minimum Gasteiger partial charge on any atom is -0.465 e. The summed E-state index contributed by atoms with van der Waals surface area (Å²) in [5, 5.41) is 3.05. The molecule has 0 saturated carbocycles. The highest BCUT2D eigenvalue weighted by Gasteiger charge is 2.28. The van der Waals surface area contributed by atoms with Crippen LogP contribution >= 0.6 is 0 Å². The van der Waals surface area contributed by atoms with Crippen LogP contribution in [0, 0.1) is 13.8 Å². The normalized spacial score (nSPS) is 19.9. The molecule has 0 radical (unpaired) electrons. The van der Waals surface area contributed by atoms with Crippen molar-refractivity contribution in [3.8, 4) is 0 Å². The maximum absolute atomic E-state index is 12.8. The Hall–Kier alpha value is -2.11. The van der Waals surface area contributed by atoms with Crippen molar-refractivity contribution in [2.45, 2.75) is 52.3 Å². The summed E-state index contributed by atoms with van der Waals surface area (Å²) in [5.74, 6) is 1.65. The summed E-state index contributed by atoms with van der Waals surface area (Å²) < 4.78 is 11.5. The number of nitrogens with one attached hydrogen (secondary N) is 1. The van der Waals surface area contributed by atoms with E-state index in [0.29, 0.717) is 6.54 Å². The number of benzene rings is 1. The average Bonchev–Trinajstić information content (AvgIpc) is 3.28. The van der Waals surface area contributed by atoms with Gasteiger partial charge in [0.2, 0.25) is 0 Å². The molecule has 1 fully saturated rings. The van der Waals surface area contributed by atoms with E-state index in [4.69, 9.17) is 9.15 Å². The van der Waals surface area contributed by atoms with Crippen molar-refractivity contribution in [1.29, 1.82) is 0 Å². The number of amides is 1. The number of aryl methyl sites for hydroxylation is 2. The highest BCUT2D eigenvalue weighted by Crippen LogP contribution is 2.29. The summed E-state index contributed by atoms with van der Waals surface area (Å²) in [5.41, 5.74) is 4.34. The maximum atomic E-state index is 12.8. The fourth-order valence-corrected chi connectivity index (χ4v) is 4.06. The molecule has 3 heterocycles. The van der Waals surface area contributed by atoms with Crippen LogP contribution in [-0.2, 0) is 24.2 Å². The number of rotatable bonds is 5. The number of carbonyl (C=O) groups excluding carboxylic acids is 1. The Labute approximate surface area is 160 Å². The number of fused-ring (bicyclic) bond motifs is 1. The largest absolute Gasteiger partial charge is 0.465 e. The van der Waals surface area contributed by atoms with E-state index in [-0.39, 0.29) is 12.0 Å². The minimum absolute atomic E-state index is 0.0369. The van der Waals surface area contributed by atoms with Crippen molar-refractivity contribution in [2.75, 3.05) is 19.7 Å². The Kier molecular flexibility index (Phi) is 5.32. The predicted molar refractivity (Wildman–Crippen MR) is 104 cm³/mol. The van der Waals surface area contributed by atoms with Crippen molar-refractivity contribution >= 4 is 5.91 Å². The van der Waals surface area contributed by atoms with Gasteiger partial charge in [-0.2, -0.15) is 0 Å². The lowest BCUT2D eigenvalue weighted by Gasteiger charge is -2.26. The zero-order valence-corrected chi connectivity index (χ0v) is 16.2. The number of carbonyl (C=O) groups is 1. The molecule has 1 aromatic heterocycles. The van der Waals surface area contributed by atoms with Gasteiger partial charge in [-0.05, 0) is 32.3 Å². The molecule has 144 valence electrons. The second-order valence-corrected chi connectivity index (χ2v) is 7.73. The van der Waals surface area contributed by atoms with E-state index in [0.717, 1.165) is 68.2 Å². The Morgan fingerprint density at radius 2 is 2.07 bits per heavy atom. The molecular formula is C22H28N2O3. The molecule has 5 heteroatoms. The summed E-state index contributed by atoms with van der Waals surface area (Å²) >= 11 is 0. The van der Waals surface area contributed by atoms with Gasteiger partial charge in [0.05, 0.1) is 11.7 Å². The van der Waals surface area contributed by atoms with E-state index in [2.05, 4.69) is 41.4 Å². The average molecular weight is 368 g/mol. The van der Waals surface area contributed by atoms with Gasteiger partial charge in [0, 0.05) is 44.8 Å². The summed E-state index contributed by atoms with van der Waals surface area (Å²) in [6, 6.07) is 8.66. The molecule has 4 rings (SSSR count). The molecule has 0 aliphatic carbocycles. The molecule has 0 unspecified atom stereocenters. The number of ether oxygens (including phenoxy) is 1. The topological polar surface area (TPSA) is 54.7 Å². The predicted octanol–water partition coefficient (Wildman–Crippen LogP) is 3.36. The first-order chi connectivity index (χ1) is 13.1. The van der Waals surface area contributed by atoms with Gasteiger partial charge in [0.1, 0.15) is 11.5 Å². The minimum atomic E-state index is -0.0369. The van der Waals surface area contributed by atoms with E-state index in [1.807, 2.05) is 6.92 Å². The van der Waals surface area contributed by atoms with E-state index in [1.165, 1.54) is 11.1 Å². The van der Waals surface area contributed by atoms with Gasteiger partial charge in [0.25, 0.3) is 5.91 Å². The first kappa shape index (κ1) is 18.3. The van der Waals surface area contributed by atoms with Gasteiger partial charge in [-0.25, -0.2) is 0 Å². The second-order valence-electron chi connectivity index (χ2n) is 7.73. The number of nitrogens with zero attached hydrogens (tertiary/aromatic N) is 1. The molecule has 1 saturated heterocycles. The smallest absolute Gasteiger partial charge is 0.255 e. The standard InChI is InChI=1S/C22H28N2O3/c1-15-5-7-17(8-6-15)13-24-10-9-20-19(14-24)21(16(2)27-20)22(25)23-12-18-4-3-11-26-18/h5-8,18H,3-4,9-14H2,1-2H3,(H,23,25)/t18-/m0/s1. The van der Waals surface area contributed by atoms with Gasteiger partial charge in [-0.15, -0.1) is 0 Å². The first-order valence-corrected chi connectivity index (χ1v) is 9.89. The summed E-state index contributed by atoms with van der Waals surface area (Å²) in [7, 11) is 0. The molecule has 2 aromatic rings. The molecule has 2 aliphatic heterocycles. The second kappa shape index (κ2) is 7.87. The lowest BCUT2D eigenvalue weighted by molar-refractivity contribution is 0.0855. The van der Waals surface area contributed by atoms with Gasteiger partial charge >= 0.3 is 0 Å². The van der Waals surface area contributed by atoms with Crippen LogP contribution in [-0.4, -0.2) is 36.6 Å². The van der Waals surface area contributed by atoms with E-state index >= 15 is 0 Å². The fraction of sp³-hybridized carbons (Fsp3) is 0.500. The lowest BCUT2D eigenvalue weighted by Crippen LogP contribution is -2.34. The molecule has 2 aliphatic rings. The van der Waals surface area contributed by atoms with Crippen LogP contribution in [0.2, 0.25) is 0 Å². The van der Waals surface area contributed by atoms with Gasteiger partial charge in [0.15, 0.2) is 0 Å². The molecule has 1 N–H and O–H groups in total. The third kappa shape index (κ3) is 4.09. The lowest BCUT2D eigenvalue weighted by atomic mass is 10.0. The number of hydrogen-bond acceptors (Lipinski definition) is 4. The molecule has 5 nitrogen and oxygen atoms in total. The molecule has 1 aromatic carbocycles. The molecule has 27 heavy (non-hydrogen) atoms. The highest BCUT2D eigenvalue weighted by atomic mass is 16.5. The van der Waals surface area contributed by atoms with Crippen LogP contribution in [0.5, 0.6) is 0 Å². The quantitative estimate of drug-likeness (QED) is 0.879. The highest BCUT2D eigenvalue weighted by molar-refractivity contribution is 5.97.